The van der Waals surface area contributed by atoms with Crippen LogP contribution >= 0.6 is 23.2 Å². The maximum Gasteiger partial charge on any atom is 0.253 e. The first-order valence-corrected chi connectivity index (χ1v) is 10.7. The number of carbonyl (C=O) groups is 1. The Balaban J connectivity index is 1.75. The summed E-state index contributed by atoms with van der Waals surface area (Å²) in [5.74, 6) is 0.692. The van der Waals surface area contributed by atoms with Crippen LogP contribution in [0.5, 0.6) is 0 Å². The molecule has 4 nitrogen and oxygen atoms in total. The lowest BCUT2D eigenvalue weighted by atomic mass is 9.75. The van der Waals surface area contributed by atoms with Crippen molar-refractivity contribution >= 4 is 29.1 Å². The van der Waals surface area contributed by atoms with Crippen molar-refractivity contribution in [1.29, 1.82) is 0 Å². The predicted octanol–water partition coefficient (Wildman–Crippen LogP) is 4.94. The van der Waals surface area contributed by atoms with Crippen LogP contribution in [0.4, 0.5) is 0 Å². The highest BCUT2D eigenvalue weighted by Crippen LogP contribution is 2.42. The molecular formula is C22H25Cl2N3O. The van der Waals surface area contributed by atoms with E-state index in [9.17, 15) is 4.79 Å². The highest BCUT2D eigenvalue weighted by molar-refractivity contribution is 6.42. The molecule has 0 radical (unpaired) electrons. The molecule has 4 rings (SSSR count). The Hall–Kier alpha value is -1.62. The number of nitrogens with zero attached hydrogens (tertiary/aromatic N) is 3. The van der Waals surface area contributed by atoms with Crippen molar-refractivity contribution in [3.05, 3.63) is 63.9 Å². The van der Waals surface area contributed by atoms with Crippen molar-refractivity contribution < 1.29 is 4.79 Å². The van der Waals surface area contributed by atoms with E-state index in [1.54, 1.807) is 23.5 Å². The smallest absolute Gasteiger partial charge is 0.253 e. The third kappa shape index (κ3) is 3.42. The molecule has 1 saturated carbocycles. The van der Waals surface area contributed by atoms with Gasteiger partial charge in [0.15, 0.2) is 0 Å². The first-order valence-electron chi connectivity index (χ1n) is 9.91. The van der Waals surface area contributed by atoms with Gasteiger partial charge in [0.05, 0.1) is 10.0 Å². The molecule has 0 bridgehead atoms. The van der Waals surface area contributed by atoms with Crippen molar-refractivity contribution in [2.75, 3.05) is 20.1 Å². The minimum absolute atomic E-state index is 0.0506. The number of carbonyl (C=O) groups excluding carboxylic acids is 1. The highest BCUT2D eigenvalue weighted by Gasteiger charge is 2.52. The molecule has 1 aromatic carbocycles. The van der Waals surface area contributed by atoms with E-state index in [1.165, 1.54) is 32.1 Å². The summed E-state index contributed by atoms with van der Waals surface area (Å²) in [5, 5.41) is 4.95. The monoisotopic (exact) mass is 417 g/mol. The summed E-state index contributed by atoms with van der Waals surface area (Å²) in [6.45, 7) is 1.49. The number of hydrogen-bond acceptors (Lipinski definition) is 3. The fraction of sp³-hybridized carbons (Fsp3) is 0.455. The van der Waals surface area contributed by atoms with Gasteiger partial charge in [0, 0.05) is 32.5 Å². The second-order valence-electron chi connectivity index (χ2n) is 7.96. The summed E-state index contributed by atoms with van der Waals surface area (Å²) in [5.41, 5.74) is 0.917. The van der Waals surface area contributed by atoms with Gasteiger partial charge >= 0.3 is 0 Å². The van der Waals surface area contributed by atoms with E-state index in [2.05, 4.69) is 9.99 Å². The summed E-state index contributed by atoms with van der Waals surface area (Å²) in [7, 11) is 1.88. The van der Waals surface area contributed by atoms with E-state index >= 15 is 0 Å². The largest absolute Gasteiger partial charge is 0.277 e. The van der Waals surface area contributed by atoms with Crippen molar-refractivity contribution in [2.24, 2.45) is 5.92 Å². The van der Waals surface area contributed by atoms with Gasteiger partial charge in [0.25, 0.3) is 5.91 Å². The van der Waals surface area contributed by atoms with Gasteiger partial charge in [0.1, 0.15) is 5.41 Å². The van der Waals surface area contributed by atoms with Crippen molar-refractivity contribution in [3.63, 3.8) is 0 Å². The molecule has 0 spiro atoms. The Kier molecular flexibility index (Phi) is 5.64. The van der Waals surface area contributed by atoms with E-state index in [0.29, 0.717) is 22.5 Å². The summed E-state index contributed by atoms with van der Waals surface area (Å²) in [4.78, 5) is 17.9. The van der Waals surface area contributed by atoms with E-state index < -0.39 is 5.41 Å². The van der Waals surface area contributed by atoms with E-state index in [1.807, 2.05) is 31.3 Å². The molecule has 2 fully saturated rings. The maximum absolute atomic E-state index is 13.7. The average Bonchev–Trinajstić information content (AvgIpc) is 2.97. The molecule has 2 aliphatic rings. The molecule has 1 atom stereocenters. The minimum Gasteiger partial charge on any atom is -0.277 e. The zero-order valence-corrected chi connectivity index (χ0v) is 17.6. The molecule has 1 saturated heterocycles. The number of likely N-dealkylation sites (N-methyl/N-ethyl adjacent to an activating group) is 1. The first-order chi connectivity index (χ1) is 13.5. The quantitative estimate of drug-likeness (QED) is 0.706. The third-order valence-corrected chi connectivity index (χ3v) is 7.00. The van der Waals surface area contributed by atoms with Crippen molar-refractivity contribution in [1.82, 2.24) is 15.0 Å². The lowest BCUT2D eigenvalue weighted by Gasteiger charge is -2.30. The lowest BCUT2D eigenvalue weighted by Crippen LogP contribution is -2.40. The van der Waals surface area contributed by atoms with Gasteiger partial charge in [-0.1, -0.05) is 54.6 Å². The molecule has 28 heavy (non-hydrogen) atoms. The van der Waals surface area contributed by atoms with Crippen molar-refractivity contribution in [2.45, 2.75) is 37.5 Å². The molecule has 1 amide bonds. The molecule has 1 aliphatic heterocycles. The predicted molar refractivity (Wildman–Crippen MR) is 112 cm³/mol. The molecule has 2 heterocycles. The van der Waals surface area contributed by atoms with Crippen molar-refractivity contribution in [3.8, 4) is 0 Å². The second kappa shape index (κ2) is 8.02. The van der Waals surface area contributed by atoms with Crippen LogP contribution in [0, 0.1) is 5.92 Å². The van der Waals surface area contributed by atoms with Crippen LogP contribution in [-0.2, 0) is 10.2 Å². The molecular weight excluding hydrogens is 393 g/mol. The number of hydrazine groups is 1. The van der Waals surface area contributed by atoms with E-state index in [4.69, 9.17) is 23.2 Å². The number of benzene rings is 1. The minimum atomic E-state index is -0.827. The average molecular weight is 418 g/mol. The summed E-state index contributed by atoms with van der Waals surface area (Å²) in [6.07, 6.45) is 9.91. The van der Waals surface area contributed by atoms with Crippen LogP contribution in [-0.4, -0.2) is 41.0 Å². The third-order valence-electron chi connectivity index (χ3n) is 6.26. The molecule has 1 aliphatic carbocycles. The van der Waals surface area contributed by atoms with Gasteiger partial charge in [0.2, 0.25) is 0 Å². The van der Waals surface area contributed by atoms with Gasteiger partial charge in [-0.25, -0.2) is 5.01 Å². The lowest BCUT2D eigenvalue weighted by molar-refractivity contribution is -0.138. The van der Waals surface area contributed by atoms with Crippen LogP contribution in [0.1, 0.15) is 43.2 Å². The van der Waals surface area contributed by atoms with Gasteiger partial charge in [-0.05, 0) is 48.1 Å². The van der Waals surface area contributed by atoms with Crippen LogP contribution in [0.2, 0.25) is 10.0 Å². The number of aromatic nitrogens is 1. The number of amides is 1. The Morgan fingerprint density at radius 2 is 1.89 bits per heavy atom. The van der Waals surface area contributed by atoms with Gasteiger partial charge in [-0.2, -0.15) is 0 Å². The normalized spacial score (nSPS) is 24.1. The second-order valence-corrected chi connectivity index (χ2v) is 8.77. The highest BCUT2D eigenvalue weighted by atomic mass is 35.5. The van der Waals surface area contributed by atoms with Crippen LogP contribution in [0.25, 0.3) is 0 Å². The van der Waals surface area contributed by atoms with Gasteiger partial charge in [-0.15, -0.1) is 0 Å². The van der Waals surface area contributed by atoms with Gasteiger partial charge < -0.3 is 0 Å². The van der Waals surface area contributed by atoms with E-state index in [0.717, 1.165) is 17.7 Å². The standard InChI is InChI=1S/C22H25Cl2N3O/c1-26-21(28)22(18-8-5-11-25-13-18,17-9-10-19(23)20(24)12-17)15-27(26)14-16-6-3-2-4-7-16/h5,8-13,16H,2-4,6-7,14-15H2,1H3. The number of rotatable bonds is 4. The molecule has 2 aromatic rings. The number of halogens is 2. The Morgan fingerprint density at radius 3 is 2.57 bits per heavy atom. The van der Waals surface area contributed by atoms with Crippen LogP contribution < -0.4 is 0 Å². The van der Waals surface area contributed by atoms with Crippen LogP contribution in [0.15, 0.2) is 42.7 Å². The molecule has 6 heteroatoms. The zero-order valence-electron chi connectivity index (χ0n) is 16.1. The summed E-state index contributed by atoms with van der Waals surface area (Å²) >= 11 is 12.5. The first kappa shape index (κ1) is 19.7. The molecule has 148 valence electrons. The number of hydrogen-bond donors (Lipinski definition) is 0. The molecule has 1 unspecified atom stereocenters. The summed E-state index contributed by atoms with van der Waals surface area (Å²) < 4.78 is 0. The Bertz CT molecular complexity index is 854. The van der Waals surface area contributed by atoms with Gasteiger partial charge in [-0.3, -0.25) is 14.8 Å². The fourth-order valence-corrected chi connectivity index (χ4v) is 4.98. The van der Waals surface area contributed by atoms with E-state index in [-0.39, 0.29) is 5.91 Å². The fourth-order valence-electron chi connectivity index (χ4n) is 4.68. The zero-order chi connectivity index (χ0) is 19.7. The molecule has 0 N–H and O–H groups in total. The Morgan fingerprint density at radius 1 is 1.11 bits per heavy atom. The molecule has 1 aromatic heterocycles. The topological polar surface area (TPSA) is 36.4 Å². The maximum atomic E-state index is 13.7. The van der Waals surface area contributed by atoms with Crippen LogP contribution in [0.3, 0.4) is 0 Å². The Labute approximate surface area is 176 Å². The summed E-state index contributed by atoms with van der Waals surface area (Å²) in [6, 6.07) is 9.37. The SMILES string of the molecule is CN1C(=O)C(c2cccnc2)(c2ccc(Cl)c(Cl)c2)CN1CC1CCCCC1. The number of pyridine rings is 1.